The SMILES string of the molecule is CC(c1ccc2c(c1)OCCO2)n1nccc1N. The van der Waals surface area contributed by atoms with E-state index in [9.17, 15) is 0 Å². The van der Waals surface area contributed by atoms with Gasteiger partial charge in [-0.15, -0.1) is 0 Å². The van der Waals surface area contributed by atoms with Gasteiger partial charge in [0.1, 0.15) is 19.0 Å². The Labute approximate surface area is 105 Å². The Kier molecular flexibility index (Phi) is 2.59. The third kappa shape index (κ3) is 1.77. The van der Waals surface area contributed by atoms with Crippen LogP contribution in [-0.4, -0.2) is 23.0 Å². The molecule has 2 N–H and O–H groups in total. The summed E-state index contributed by atoms with van der Waals surface area (Å²) in [6, 6.07) is 7.78. The van der Waals surface area contributed by atoms with E-state index in [1.54, 1.807) is 16.9 Å². The minimum absolute atomic E-state index is 0.0656. The van der Waals surface area contributed by atoms with Gasteiger partial charge in [-0.1, -0.05) is 6.07 Å². The molecule has 1 aliphatic rings. The molecule has 1 unspecified atom stereocenters. The van der Waals surface area contributed by atoms with Crippen molar-refractivity contribution in [3.63, 3.8) is 0 Å². The minimum Gasteiger partial charge on any atom is -0.486 e. The molecule has 18 heavy (non-hydrogen) atoms. The molecule has 0 saturated heterocycles. The van der Waals surface area contributed by atoms with Gasteiger partial charge >= 0.3 is 0 Å². The van der Waals surface area contributed by atoms with Gasteiger partial charge < -0.3 is 15.2 Å². The predicted octanol–water partition coefficient (Wildman–Crippen LogP) is 1.85. The minimum atomic E-state index is 0.0656. The molecule has 94 valence electrons. The lowest BCUT2D eigenvalue weighted by Crippen LogP contribution is -2.16. The summed E-state index contributed by atoms with van der Waals surface area (Å²) >= 11 is 0. The Hall–Kier alpha value is -2.17. The fraction of sp³-hybridized carbons (Fsp3) is 0.308. The fourth-order valence-corrected chi connectivity index (χ4v) is 2.11. The van der Waals surface area contributed by atoms with E-state index >= 15 is 0 Å². The lowest BCUT2D eigenvalue weighted by atomic mass is 10.1. The van der Waals surface area contributed by atoms with Gasteiger partial charge in [-0.2, -0.15) is 5.10 Å². The highest BCUT2D eigenvalue weighted by Crippen LogP contribution is 2.33. The Morgan fingerprint density at radius 3 is 2.72 bits per heavy atom. The van der Waals surface area contributed by atoms with E-state index < -0.39 is 0 Å². The Balaban J connectivity index is 1.95. The van der Waals surface area contributed by atoms with Crippen molar-refractivity contribution in [1.82, 2.24) is 9.78 Å². The summed E-state index contributed by atoms with van der Waals surface area (Å²) in [7, 11) is 0. The van der Waals surface area contributed by atoms with Crippen LogP contribution in [-0.2, 0) is 0 Å². The number of aromatic nitrogens is 2. The molecular weight excluding hydrogens is 230 g/mol. The standard InChI is InChI=1S/C13H15N3O2/c1-9(16-13(14)4-5-15-16)10-2-3-11-12(8-10)18-7-6-17-11/h2-5,8-9H,6-7,14H2,1H3. The van der Waals surface area contributed by atoms with Crippen LogP contribution in [0.3, 0.4) is 0 Å². The van der Waals surface area contributed by atoms with Crippen molar-refractivity contribution < 1.29 is 9.47 Å². The van der Waals surface area contributed by atoms with Crippen molar-refractivity contribution in [3.05, 3.63) is 36.0 Å². The maximum atomic E-state index is 5.86. The molecule has 0 saturated carbocycles. The largest absolute Gasteiger partial charge is 0.486 e. The predicted molar refractivity (Wildman–Crippen MR) is 67.9 cm³/mol. The average Bonchev–Trinajstić information content (AvgIpc) is 2.83. The van der Waals surface area contributed by atoms with Crippen molar-refractivity contribution in [2.45, 2.75) is 13.0 Å². The fourth-order valence-electron chi connectivity index (χ4n) is 2.11. The lowest BCUT2D eigenvalue weighted by Gasteiger charge is -2.21. The second kappa shape index (κ2) is 4.25. The van der Waals surface area contributed by atoms with Crippen LogP contribution in [0.5, 0.6) is 11.5 Å². The Morgan fingerprint density at radius 2 is 2.00 bits per heavy atom. The number of ether oxygens (including phenoxy) is 2. The van der Waals surface area contributed by atoms with E-state index in [1.165, 1.54) is 0 Å². The second-order valence-electron chi connectivity index (χ2n) is 4.28. The van der Waals surface area contributed by atoms with Gasteiger partial charge in [-0.25, -0.2) is 4.68 Å². The topological polar surface area (TPSA) is 62.3 Å². The smallest absolute Gasteiger partial charge is 0.161 e. The Morgan fingerprint density at radius 1 is 1.22 bits per heavy atom. The zero-order valence-electron chi connectivity index (χ0n) is 10.2. The van der Waals surface area contributed by atoms with Crippen molar-refractivity contribution in [2.75, 3.05) is 18.9 Å². The first-order chi connectivity index (χ1) is 8.75. The molecule has 3 rings (SSSR count). The van der Waals surface area contributed by atoms with Crippen LogP contribution in [0.15, 0.2) is 30.5 Å². The van der Waals surface area contributed by atoms with E-state index in [-0.39, 0.29) is 6.04 Å². The average molecular weight is 245 g/mol. The van der Waals surface area contributed by atoms with Crippen molar-refractivity contribution in [2.24, 2.45) is 0 Å². The van der Waals surface area contributed by atoms with Gasteiger partial charge in [0.15, 0.2) is 11.5 Å². The van der Waals surface area contributed by atoms with E-state index in [4.69, 9.17) is 15.2 Å². The quantitative estimate of drug-likeness (QED) is 0.877. The molecule has 5 heteroatoms. The maximum absolute atomic E-state index is 5.86. The summed E-state index contributed by atoms with van der Waals surface area (Å²) < 4.78 is 12.9. The lowest BCUT2D eigenvalue weighted by molar-refractivity contribution is 0.171. The molecule has 0 fully saturated rings. The number of fused-ring (bicyclic) bond motifs is 1. The number of hydrogen-bond acceptors (Lipinski definition) is 4. The summed E-state index contributed by atoms with van der Waals surface area (Å²) in [4.78, 5) is 0. The van der Waals surface area contributed by atoms with E-state index in [0.29, 0.717) is 19.0 Å². The number of anilines is 1. The second-order valence-corrected chi connectivity index (χ2v) is 4.28. The molecule has 2 heterocycles. The molecule has 0 bridgehead atoms. The van der Waals surface area contributed by atoms with Gasteiger partial charge in [0.25, 0.3) is 0 Å². The number of rotatable bonds is 2. The van der Waals surface area contributed by atoms with Gasteiger partial charge in [-0.05, 0) is 30.7 Å². The van der Waals surface area contributed by atoms with Crippen LogP contribution in [0.2, 0.25) is 0 Å². The molecule has 0 radical (unpaired) electrons. The Bertz CT molecular complexity index is 565. The van der Waals surface area contributed by atoms with E-state index in [0.717, 1.165) is 17.1 Å². The van der Waals surface area contributed by atoms with Gasteiger partial charge in [0.05, 0.1) is 12.2 Å². The number of hydrogen-bond donors (Lipinski definition) is 1. The zero-order valence-corrected chi connectivity index (χ0v) is 10.2. The summed E-state index contributed by atoms with van der Waals surface area (Å²) in [6.07, 6.45) is 1.70. The molecule has 0 aliphatic carbocycles. The third-order valence-corrected chi connectivity index (χ3v) is 3.12. The molecule has 0 amide bonds. The summed E-state index contributed by atoms with van der Waals surface area (Å²) in [6.45, 7) is 3.25. The van der Waals surface area contributed by atoms with Crippen LogP contribution in [0.4, 0.5) is 5.82 Å². The summed E-state index contributed by atoms with van der Waals surface area (Å²) in [5, 5.41) is 4.22. The first-order valence-electron chi connectivity index (χ1n) is 5.94. The van der Waals surface area contributed by atoms with Crippen molar-refractivity contribution in [1.29, 1.82) is 0 Å². The monoisotopic (exact) mass is 245 g/mol. The molecular formula is C13H15N3O2. The molecule has 2 aromatic rings. The molecule has 5 nitrogen and oxygen atoms in total. The number of nitrogens with zero attached hydrogens (tertiary/aromatic N) is 2. The highest BCUT2D eigenvalue weighted by molar-refractivity contribution is 5.45. The highest BCUT2D eigenvalue weighted by Gasteiger charge is 2.16. The third-order valence-electron chi connectivity index (χ3n) is 3.12. The number of nitrogens with two attached hydrogens (primary N) is 1. The van der Waals surface area contributed by atoms with Crippen LogP contribution >= 0.6 is 0 Å². The van der Waals surface area contributed by atoms with Crippen LogP contribution in [0, 0.1) is 0 Å². The van der Waals surface area contributed by atoms with Crippen LogP contribution in [0.25, 0.3) is 0 Å². The molecule has 0 spiro atoms. The first kappa shape index (κ1) is 11.0. The first-order valence-corrected chi connectivity index (χ1v) is 5.94. The van der Waals surface area contributed by atoms with E-state index in [1.807, 2.05) is 18.2 Å². The van der Waals surface area contributed by atoms with Crippen LogP contribution < -0.4 is 15.2 Å². The number of nitrogen functional groups attached to an aromatic ring is 1. The summed E-state index contributed by atoms with van der Waals surface area (Å²) in [5.74, 6) is 2.24. The van der Waals surface area contributed by atoms with Crippen molar-refractivity contribution >= 4 is 5.82 Å². The molecule has 1 atom stereocenters. The van der Waals surface area contributed by atoms with Crippen LogP contribution in [0.1, 0.15) is 18.5 Å². The van der Waals surface area contributed by atoms with E-state index in [2.05, 4.69) is 12.0 Å². The normalized spacial score (nSPS) is 15.4. The molecule has 1 aromatic heterocycles. The van der Waals surface area contributed by atoms with Gasteiger partial charge in [0.2, 0.25) is 0 Å². The zero-order chi connectivity index (χ0) is 12.5. The van der Waals surface area contributed by atoms with Crippen molar-refractivity contribution in [3.8, 4) is 11.5 Å². The highest BCUT2D eigenvalue weighted by atomic mass is 16.6. The molecule has 1 aromatic carbocycles. The van der Waals surface area contributed by atoms with Gasteiger partial charge in [-0.3, -0.25) is 0 Å². The molecule has 1 aliphatic heterocycles. The maximum Gasteiger partial charge on any atom is 0.161 e. The van der Waals surface area contributed by atoms with Gasteiger partial charge in [0, 0.05) is 0 Å². The number of benzene rings is 1. The summed E-state index contributed by atoms with van der Waals surface area (Å²) in [5.41, 5.74) is 6.95.